The smallest absolute Gasteiger partial charge is 0.393 e. The molecule has 0 saturated heterocycles. The minimum Gasteiger partial charge on any atom is -0.424 e. The third-order valence-corrected chi connectivity index (χ3v) is 4.66. The van der Waals surface area contributed by atoms with E-state index in [1.165, 1.54) is 0 Å². The van der Waals surface area contributed by atoms with Crippen molar-refractivity contribution >= 4 is 19.2 Å². The lowest BCUT2D eigenvalue weighted by Crippen LogP contribution is -2.01. The van der Waals surface area contributed by atoms with Gasteiger partial charge in [0.15, 0.2) is 0 Å². The highest BCUT2D eigenvalue weighted by molar-refractivity contribution is 7.56. The zero-order valence-corrected chi connectivity index (χ0v) is 12.3. The predicted octanol–water partition coefficient (Wildman–Crippen LogP) is 5.05. The van der Waals surface area contributed by atoms with Gasteiger partial charge in [-0.3, -0.25) is 4.52 Å². The molecule has 0 amide bonds. The van der Waals surface area contributed by atoms with Gasteiger partial charge in [0.05, 0.1) is 6.61 Å². The van der Waals surface area contributed by atoms with Crippen molar-refractivity contribution in [2.75, 3.05) is 12.2 Å². The highest BCUT2D eigenvalue weighted by Gasteiger charge is 2.24. The predicted molar refractivity (Wildman–Crippen MR) is 75.5 cm³/mol. The van der Waals surface area contributed by atoms with Crippen LogP contribution in [-0.4, -0.2) is 12.2 Å². The van der Waals surface area contributed by atoms with E-state index in [4.69, 9.17) is 20.6 Å². The molecule has 1 unspecified atom stereocenters. The molecular weight excluding hydrogens is 271 g/mol. The van der Waals surface area contributed by atoms with Gasteiger partial charge in [-0.05, 0) is 18.6 Å². The lowest BCUT2D eigenvalue weighted by Gasteiger charge is -2.17. The number of alkyl halides is 1. The molecule has 1 aromatic rings. The number of hydrogen-bond acceptors (Lipinski definition) is 3. The first kappa shape index (κ1) is 15.6. The zero-order valence-electron chi connectivity index (χ0n) is 10.7. The molecule has 3 nitrogen and oxygen atoms in total. The van der Waals surface area contributed by atoms with Crippen molar-refractivity contribution in [1.29, 1.82) is 0 Å². The van der Waals surface area contributed by atoms with Crippen molar-refractivity contribution in [1.82, 2.24) is 0 Å². The standard InChI is InChI=1S/C13H20ClO3P/c1-2-3-4-8-11-16-18(15,12-14)17-13-9-6-5-7-10-13/h5-7,9-10H,2-4,8,11-12H2,1H3. The Balaban J connectivity index is 2.40. The quantitative estimate of drug-likeness (QED) is 0.362. The van der Waals surface area contributed by atoms with Crippen LogP contribution in [0.15, 0.2) is 30.3 Å². The van der Waals surface area contributed by atoms with Gasteiger partial charge >= 0.3 is 7.60 Å². The van der Waals surface area contributed by atoms with Gasteiger partial charge in [-0.2, -0.15) is 0 Å². The van der Waals surface area contributed by atoms with Crippen molar-refractivity contribution in [3.8, 4) is 5.75 Å². The minimum atomic E-state index is -3.21. The van der Waals surface area contributed by atoms with E-state index >= 15 is 0 Å². The Hall–Kier alpha value is -0.500. The zero-order chi connectivity index (χ0) is 13.3. The van der Waals surface area contributed by atoms with Gasteiger partial charge in [0, 0.05) is 0 Å². The van der Waals surface area contributed by atoms with Crippen molar-refractivity contribution < 1.29 is 13.6 Å². The highest BCUT2D eigenvalue weighted by atomic mass is 35.5. The van der Waals surface area contributed by atoms with Gasteiger partial charge < -0.3 is 4.52 Å². The summed E-state index contributed by atoms with van der Waals surface area (Å²) in [6, 6.07) is 8.97. The number of para-hydroxylation sites is 1. The molecule has 5 heteroatoms. The van der Waals surface area contributed by atoms with E-state index in [1.54, 1.807) is 12.1 Å². The molecule has 18 heavy (non-hydrogen) atoms. The normalized spacial score (nSPS) is 14.1. The summed E-state index contributed by atoms with van der Waals surface area (Å²) in [6.07, 6.45) is 4.28. The van der Waals surface area contributed by atoms with E-state index in [2.05, 4.69) is 6.92 Å². The SMILES string of the molecule is CCCCCCOP(=O)(CCl)Oc1ccccc1. The second-order valence-corrected chi connectivity index (χ2v) is 6.65. The number of rotatable bonds is 9. The summed E-state index contributed by atoms with van der Waals surface area (Å²) in [5, 5.41) is 0. The first-order valence-electron chi connectivity index (χ1n) is 6.24. The first-order valence-corrected chi connectivity index (χ1v) is 8.50. The van der Waals surface area contributed by atoms with E-state index in [-0.39, 0.29) is 5.62 Å². The Morgan fingerprint density at radius 3 is 2.50 bits per heavy atom. The van der Waals surface area contributed by atoms with E-state index in [1.807, 2.05) is 18.2 Å². The Kier molecular flexibility index (Phi) is 7.41. The molecule has 1 atom stereocenters. The average molecular weight is 291 g/mol. The van der Waals surface area contributed by atoms with E-state index in [9.17, 15) is 4.57 Å². The summed E-state index contributed by atoms with van der Waals surface area (Å²) in [4.78, 5) is 0. The summed E-state index contributed by atoms with van der Waals surface area (Å²) in [5.41, 5.74) is -0.129. The molecule has 0 saturated carbocycles. The van der Waals surface area contributed by atoms with Gasteiger partial charge in [-0.15, -0.1) is 11.6 Å². The molecule has 0 spiro atoms. The van der Waals surface area contributed by atoms with Crippen LogP contribution in [0.1, 0.15) is 32.6 Å². The molecular formula is C13H20ClO3P. The van der Waals surface area contributed by atoms with E-state index in [0.717, 1.165) is 25.7 Å². The highest BCUT2D eigenvalue weighted by Crippen LogP contribution is 2.49. The molecule has 0 heterocycles. The van der Waals surface area contributed by atoms with Crippen LogP contribution in [0.3, 0.4) is 0 Å². The molecule has 0 aromatic heterocycles. The molecule has 0 bridgehead atoms. The molecule has 0 aliphatic rings. The Bertz CT molecular complexity index is 370. The fourth-order valence-corrected chi connectivity index (χ4v) is 2.83. The average Bonchev–Trinajstić information content (AvgIpc) is 2.40. The van der Waals surface area contributed by atoms with Crippen molar-refractivity contribution in [2.24, 2.45) is 0 Å². The maximum Gasteiger partial charge on any atom is 0.393 e. The van der Waals surface area contributed by atoms with Gasteiger partial charge in [0.1, 0.15) is 11.4 Å². The summed E-state index contributed by atoms with van der Waals surface area (Å²) in [7, 11) is -3.21. The Morgan fingerprint density at radius 2 is 1.89 bits per heavy atom. The fraction of sp³-hybridized carbons (Fsp3) is 0.538. The third-order valence-electron chi connectivity index (χ3n) is 2.42. The molecule has 1 rings (SSSR count). The molecule has 0 fully saturated rings. The van der Waals surface area contributed by atoms with Gasteiger partial charge in [0.2, 0.25) is 0 Å². The number of benzene rings is 1. The second-order valence-electron chi connectivity index (χ2n) is 4.03. The maximum atomic E-state index is 12.2. The molecule has 0 aliphatic carbocycles. The lowest BCUT2D eigenvalue weighted by atomic mass is 10.2. The van der Waals surface area contributed by atoms with Gasteiger partial charge in [-0.1, -0.05) is 44.4 Å². The van der Waals surface area contributed by atoms with Gasteiger partial charge in [-0.25, -0.2) is 4.57 Å². The number of halogens is 1. The van der Waals surface area contributed by atoms with Crippen LogP contribution in [-0.2, 0) is 9.09 Å². The van der Waals surface area contributed by atoms with Crippen molar-refractivity contribution in [3.05, 3.63) is 30.3 Å². The molecule has 0 aliphatic heterocycles. The van der Waals surface area contributed by atoms with Crippen molar-refractivity contribution in [3.63, 3.8) is 0 Å². The topological polar surface area (TPSA) is 35.5 Å². The van der Waals surface area contributed by atoms with Crippen LogP contribution in [0.5, 0.6) is 5.75 Å². The van der Waals surface area contributed by atoms with E-state index < -0.39 is 7.60 Å². The second kappa shape index (κ2) is 8.58. The molecule has 0 N–H and O–H groups in total. The molecule has 102 valence electrons. The molecule has 0 radical (unpaired) electrons. The monoisotopic (exact) mass is 290 g/mol. The fourth-order valence-electron chi connectivity index (χ4n) is 1.46. The Morgan fingerprint density at radius 1 is 1.17 bits per heavy atom. The van der Waals surface area contributed by atoms with E-state index in [0.29, 0.717) is 12.4 Å². The lowest BCUT2D eigenvalue weighted by molar-refractivity contribution is 0.261. The summed E-state index contributed by atoms with van der Waals surface area (Å²) in [5.74, 6) is 0.523. The Labute approximate surface area is 114 Å². The summed E-state index contributed by atoms with van der Waals surface area (Å²) >= 11 is 5.69. The van der Waals surface area contributed by atoms with Crippen LogP contribution >= 0.6 is 19.2 Å². The summed E-state index contributed by atoms with van der Waals surface area (Å²) in [6.45, 7) is 2.57. The minimum absolute atomic E-state index is 0.129. The largest absolute Gasteiger partial charge is 0.424 e. The van der Waals surface area contributed by atoms with Crippen LogP contribution in [0.25, 0.3) is 0 Å². The third kappa shape index (κ3) is 5.90. The first-order chi connectivity index (χ1) is 8.70. The van der Waals surface area contributed by atoms with Crippen LogP contribution in [0, 0.1) is 0 Å². The van der Waals surface area contributed by atoms with Crippen LogP contribution < -0.4 is 4.52 Å². The van der Waals surface area contributed by atoms with Crippen molar-refractivity contribution in [2.45, 2.75) is 32.6 Å². The number of unbranched alkanes of at least 4 members (excludes halogenated alkanes) is 3. The van der Waals surface area contributed by atoms with Crippen LogP contribution in [0.4, 0.5) is 0 Å². The number of hydrogen-bond donors (Lipinski definition) is 0. The maximum absolute atomic E-state index is 12.2. The summed E-state index contributed by atoms with van der Waals surface area (Å²) < 4.78 is 22.9. The van der Waals surface area contributed by atoms with Gasteiger partial charge in [0.25, 0.3) is 0 Å². The van der Waals surface area contributed by atoms with Crippen LogP contribution in [0.2, 0.25) is 0 Å². The molecule has 1 aromatic carbocycles.